The fourth-order valence-electron chi connectivity index (χ4n) is 1.54. The smallest absolute Gasteiger partial charge is 0.163 e. The van der Waals surface area contributed by atoms with Crippen molar-refractivity contribution in [2.24, 2.45) is 0 Å². The molecule has 0 N–H and O–H groups in total. The Labute approximate surface area is 95.4 Å². The molecule has 0 aromatic carbocycles. The van der Waals surface area contributed by atoms with Gasteiger partial charge in [0.1, 0.15) is 10.9 Å². The molecule has 3 aromatic rings. The highest BCUT2D eigenvalue weighted by atomic mass is 32.1. The van der Waals surface area contributed by atoms with Crippen LogP contribution in [0.2, 0.25) is 0 Å². The van der Waals surface area contributed by atoms with E-state index in [0.717, 1.165) is 16.1 Å². The predicted octanol–water partition coefficient (Wildman–Crippen LogP) is 2.33. The molecule has 0 saturated carbocycles. The molecule has 3 heterocycles. The van der Waals surface area contributed by atoms with E-state index >= 15 is 0 Å². The summed E-state index contributed by atoms with van der Waals surface area (Å²) in [7, 11) is 0. The van der Waals surface area contributed by atoms with Crippen molar-refractivity contribution in [3.05, 3.63) is 41.7 Å². The lowest BCUT2D eigenvalue weighted by Gasteiger charge is -1.92. The van der Waals surface area contributed by atoms with Crippen LogP contribution in [0.15, 0.2) is 36.8 Å². The fraction of sp³-hybridized carbons (Fsp3) is 0. The van der Waals surface area contributed by atoms with Gasteiger partial charge < -0.3 is 0 Å². The molecule has 0 amide bonds. The Balaban J connectivity index is 2.23. The molecule has 0 aliphatic heterocycles. The topological polar surface area (TPSA) is 54.0 Å². The van der Waals surface area contributed by atoms with Crippen molar-refractivity contribution in [2.75, 3.05) is 0 Å². The average molecular weight is 226 g/mol. The third-order valence-electron chi connectivity index (χ3n) is 2.26. The van der Waals surface area contributed by atoms with Crippen LogP contribution in [0.4, 0.5) is 0 Å². The summed E-state index contributed by atoms with van der Waals surface area (Å²) in [5, 5.41) is 13.0. The lowest BCUT2D eigenvalue weighted by molar-refractivity contribution is 0.939. The van der Waals surface area contributed by atoms with Crippen LogP contribution in [0.1, 0.15) is 4.88 Å². The molecule has 0 aliphatic rings. The van der Waals surface area contributed by atoms with Gasteiger partial charge in [0.05, 0.1) is 11.8 Å². The standard InChI is InChI=1S/C11H6N4S/c12-6-8-2-3-10(16-8)9-7-14-15-5-1-4-13-11(9)15/h1-5,7H. The molecular weight excluding hydrogens is 220 g/mol. The lowest BCUT2D eigenvalue weighted by atomic mass is 10.3. The largest absolute Gasteiger partial charge is 0.236 e. The van der Waals surface area contributed by atoms with Crippen molar-refractivity contribution in [3.63, 3.8) is 0 Å². The van der Waals surface area contributed by atoms with Crippen LogP contribution in [-0.2, 0) is 0 Å². The first-order chi connectivity index (χ1) is 7.88. The SMILES string of the molecule is N#Cc1ccc(-c2cnn3cccnc23)s1. The van der Waals surface area contributed by atoms with Crippen LogP contribution in [0.25, 0.3) is 16.1 Å². The molecule has 0 saturated heterocycles. The summed E-state index contributed by atoms with van der Waals surface area (Å²) in [6.45, 7) is 0. The van der Waals surface area contributed by atoms with E-state index in [9.17, 15) is 0 Å². The first kappa shape index (κ1) is 9.07. The molecule has 0 fully saturated rings. The third-order valence-corrected chi connectivity index (χ3v) is 3.28. The van der Waals surface area contributed by atoms with E-state index in [1.165, 1.54) is 11.3 Å². The molecule has 0 bridgehead atoms. The molecule has 3 rings (SSSR count). The number of nitriles is 1. The predicted molar refractivity (Wildman–Crippen MR) is 61.0 cm³/mol. The van der Waals surface area contributed by atoms with Gasteiger partial charge >= 0.3 is 0 Å². The maximum atomic E-state index is 8.79. The van der Waals surface area contributed by atoms with Crippen LogP contribution < -0.4 is 0 Å². The number of hydrogen-bond donors (Lipinski definition) is 0. The van der Waals surface area contributed by atoms with Gasteiger partial charge in [-0.2, -0.15) is 10.4 Å². The highest BCUT2D eigenvalue weighted by molar-refractivity contribution is 7.16. The van der Waals surface area contributed by atoms with Crippen molar-refractivity contribution in [3.8, 4) is 16.5 Å². The van der Waals surface area contributed by atoms with Gasteiger partial charge in [0, 0.05) is 17.3 Å². The zero-order valence-corrected chi connectivity index (χ0v) is 8.98. The molecule has 5 heteroatoms. The van der Waals surface area contributed by atoms with Gasteiger partial charge in [-0.05, 0) is 18.2 Å². The molecule has 16 heavy (non-hydrogen) atoms. The number of fused-ring (bicyclic) bond motifs is 1. The van der Waals surface area contributed by atoms with Crippen molar-refractivity contribution in [1.29, 1.82) is 5.26 Å². The van der Waals surface area contributed by atoms with Crippen LogP contribution in [0.3, 0.4) is 0 Å². The second-order valence-corrected chi connectivity index (χ2v) is 4.31. The number of aromatic nitrogens is 3. The van der Waals surface area contributed by atoms with Gasteiger partial charge in [-0.3, -0.25) is 0 Å². The maximum Gasteiger partial charge on any atom is 0.163 e. The monoisotopic (exact) mass is 226 g/mol. The minimum absolute atomic E-state index is 0.699. The van der Waals surface area contributed by atoms with Gasteiger partial charge in [0.15, 0.2) is 5.65 Å². The fourth-order valence-corrected chi connectivity index (χ4v) is 2.35. The molecule has 0 atom stereocenters. The second kappa shape index (κ2) is 3.43. The average Bonchev–Trinajstić information content (AvgIpc) is 2.94. The summed E-state index contributed by atoms with van der Waals surface area (Å²) in [6.07, 6.45) is 5.36. The normalized spacial score (nSPS) is 10.4. The van der Waals surface area contributed by atoms with E-state index in [4.69, 9.17) is 5.26 Å². The van der Waals surface area contributed by atoms with Crippen LogP contribution in [0.5, 0.6) is 0 Å². The number of hydrogen-bond acceptors (Lipinski definition) is 4. The second-order valence-electron chi connectivity index (χ2n) is 3.22. The van der Waals surface area contributed by atoms with Crippen LogP contribution in [0, 0.1) is 11.3 Å². The van der Waals surface area contributed by atoms with Gasteiger partial charge in [0.2, 0.25) is 0 Å². The highest BCUT2D eigenvalue weighted by Gasteiger charge is 2.09. The Kier molecular flexibility index (Phi) is 1.95. The Hall–Kier alpha value is -2.19. The quantitative estimate of drug-likeness (QED) is 0.640. The molecule has 3 aromatic heterocycles. The van der Waals surface area contributed by atoms with Gasteiger partial charge in [-0.15, -0.1) is 11.3 Å². The summed E-state index contributed by atoms with van der Waals surface area (Å²) >= 11 is 1.45. The van der Waals surface area contributed by atoms with Crippen LogP contribution in [-0.4, -0.2) is 14.6 Å². The van der Waals surface area contributed by atoms with Gasteiger partial charge in [-0.25, -0.2) is 9.50 Å². The summed E-state index contributed by atoms with van der Waals surface area (Å²) in [4.78, 5) is 5.99. The zero-order chi connectivity index (χ0) is 11.0. The zero-order valence-electron chi connectivity index (χ0n) is 8.16. The Morgan fingerprint density at radius 1 is 1.38 bits per heavy atom. The van der Waals surface area contributed by atoms with Crippen molar-refractivity contribution in [1.82, 2.24) is 14.6 Å². The molecule has 4 nitrogen and oxygen atoms in total. The van der Waals surface area contributed by atoms with Crippen molar-refractivity contribution < 1.29 is 0 Å². The summed E-state index contributed by atoms with van der Waals surface area (Å²) in [5.41, 5.74) is 1.78. The highest BCUT2D eigenvalue weighted by Crippen LogP contribution is 2.29. The van der Waals surface area contributed by atoms with E-state index in [-0.39, 0.29) is 0 Å². The van der Waals surface area contributed by atoms with E-state index in [1.54, 1.807) is 16.9 Å². The number of nitrogens with zero attached hydrogens (tertiary/aromatic N) is 4. The first-order valence-corrected chi connectivity index (χ1v) is 5.49. The number of thiophene rings is 1. The summed E-state index contributed by atoms with van der Waals surface area (Å²) in [6, 6.07) is 7.70. The minimum atomic E-state index is 0.699. The molecule has 0 aliphatic carbocycles. The maximum absolute atomic E-state index is 8.79. The Morgan fingerprint density at radius 2 is 2.31 bits per heavy atom. The molecule has 76 valence electrons. The molecule has 0 spiro atoms. The molecule has 0 radical (unpaired) electrons. The van der Waals surface area contributed by atoms with Gasteiger partial charge in [0.25, 0.3) is 0 Å². The van der Waals surface area contributed by atoms with Crippen molar-refractivity contribution >= 4 is 17.0 Å². The minimum Gasteiger partial charge on any atom is -0.236 e. The van der Waals surface area contributed by atoms with Crippen LogP contribution >= 0.6 is 11.3 Å². The lowest BCUT2D eigenvalue weighted by Crippen LogP contribution is -1.86. The molecule has 0 unspecified atom stereocenters. The van der Waals surface area contributed by atoms with Crippen molar-refractivity contribution in [2.45, 2.75) is 0 Å². The van der Waals surface area contributed by atoms with E-state index in [2.05, 4.69) is 16.2 Å². The van der Waals surface area contributed by atoms with Gasteiger partial charge in [-0.1, -0.05) is 0 Å². The third kappa shape index (κ3) is 1.28. The van der Waals surface area contributed by atoms with E-state index in [0.29, 0.717) is 4.88 Å². The first-order valence-electron chi connectivity index (χ1n) is 4.67. The summed E-state index contributed by atoms with van der Waals surface area (Å²) in [5.74, 6) is 0. The Bertz CT molecular complexity index is 689. The Morgan fingerprint density at radius 3 is 3.12 bits per heavy atom. The molecular formula is C11H6N4S. The van der Waals surface area contributed by atoms with E-state index < -0.39 is 0 Å². The number of rotatable bonds is 1. The van der Waals surface area contributed by atoms with E-state index in [1.807, 2.05) is 24.4 Å². The summed E-state index contributed by atoms with van der Waals surface area (Å²) < 4.78 is 1.72.